The first-order valence-corrected chi connectivity index (χ1v) is 6.83. The fraction of sp³-hybridized carbons (Fsp3) is 1.00. The van der Waals surface area contributed by atoms with Crippen molar-refractivity contribution in [1.29, 1.82) is 0 Å². The van der Waals surface area contributed by atoms with Crippen LogP contribution in [0.5, 0.6) is 0 Å². The molecule has 0 fully saturated rings. The molecular formula is C14H30O. The van der Waals surface area contributed by atoms with Gasteiger partial charge in [-0.25, -0.2) is 0 Å². The lowest BCUT2D eigenvalue weighted by atomic mass is 9.91. The van der Waals surface area contributed by atoms with Gasteiger partial charge in [0.05, 0.1) is 0 Å². The number of unbranched alkanes of at least 4 members (excludes halogenated alkanes) is 6. The van der Waals surface area contributed by atoms with Crippen molar-refractivity contribution in [3.8, 4) is 0 Å². The Balaban J connectivity index is 3.22. The number of hydrogen-bond donors (Lipinski definition) is 1. The molecule has 0 aliphatic carbocycles. The lowest BCUT2D eigenvalue weighted by Crippen LogP contribution is -2.13. The standard InChI is InChI=1S/C14H30O/c1-4-5-6-7-8-9-10-11-14(12-15)13(2)3/h13-15H,4-12H2,1-3H3. The van der Waals surface area contributed by atoms with Gasteiger partial charge in [0.2, 0.25) is 0 Å². The molecule has 0 radical (unpaired) electrons. The Kier molecular flexibility index (Phi) is 10.4. The molecule has 0 heterocycles. The second-order valence-corrected chi connectivity index (χ2v) is 5.10. The summed E-state index contributed by atoms with van der Waals surface area (Å²) < 4.78 is 0. The molecule has 0 amide bonds. The van der Waals surface area contributed by atoms with Crippen LogP contribution in [-0.2, 0) is 0 Å². The van der Waals surface area contributed by atoms with Crippen molar-refractivity contribution in [2.75, 3.05) is 6.61 Å². The van der Waals surface area contributed by atoms with Gasteiger partial charge in [-0.2, -0.15) is 0 Å². The largest absolute Gasteiger partial charge is 0.396 e. The molecule has 0 aromatic heterocycles. The van der Waals surface area contributed by atoms with Gasteiger partial charge in [0, 0.05) is 6.61 Å². The Morgan fingerprint density at radius 1 is 0.867 bits per heavy atom. The van der Waals surface area contributed by atoms with E-state index in [1.165, 1.54) is 51.4 Å². The van der Waals surface area contributed by atoms with Crippen molar-refractivity contribution in [1.82, 2.24) is 0 Å². The van der Waals surface area contributed by atoms with Crippen LogP contribution in [0.4, 0.5) is 0 Å². The maximum atomic E-state index is 9.17. The van der Waals surface area contributed by atoms with E-state index in [4.69, 9.17) is 5.11 Å². The second kappa shape index (κ2) is 10.5. The van der Waals surface area contributed by atoms with Crippen LogP contribution >= 0.6 is 0 Å². The Morgan fingerprint density at radius 2 is 1.40 bits per heavy atom. The third-order valence-corrected chi connectivity index (χ3v) is 3.36. The molecule has 0 aromatic rings. The molecular weight excluding hydrogens is 184 g/mol. The third-order valence-electron chi connectivity index (χ3n) is 3.36. The summed E-state index contributed by atoms with van der Waals surface area (Å²) in [6.07, 6.45) is 10.8. The van der Waals surface area contributed by atoms with Crippen molar-refractivity contribution >= 4 is 0 Å². The van der Waals surface area contributed by atoms with Crippen molar-refractivity contribution in [3.05, 3.63) is 0 Å². The zero-order valence-electron chi connectivity index (χ0n) is 11.0. The summed E-state index contributed by atoms with van der Waals surface area (Å²) in [7, 11) is 0. The fourth-order valence-electron chi connectivity index (χ4n) is 2.00. The van der Waals surface area contributed by atoms with Gasteiger partial charge in [-0.3, -0.25) is 0 Å². The molecule has 0 aliphatic rings. The van der Waals surface area contributed by atoms with Gasteiger partial charge in [0.25, 0.3) is 0 Å². The highest BCUT2D eigenvalue weighted by Gasteiger charge is 2.10. The van der Waals surface area contributed by atoms with Crippen molar-refractivity contribution in [3.63, 3.8) is 0 Å². The van der Waals surface area contributed by atoms with Crippen LogP contribution in [0.15, 0.2) is 0 Å². The lowest BCUT2D eigenvalue weighted by molar-refractivity contribution is 0.178. The Bertz CT molecular complexity index is 121. The predicted molar refractivity (Wildman–Crippen MR) is 68.0 cm³/mol. The van der Waals surface area contributed by atoms with E-state index >= 15 is 0 Å². The van der Waals surface area contributed by atoms with Crippen LogP contribution in [0, 0.1) is 11.8 Å². The van der Waals surface area contributed by atoms with Gasteiger partial charge >= 0.3 is 0 Å². The van der Waals surface area contributed by atoms with E-state index in [1.54, 1.807) is 0 Å². The highest BCUT2D eigenvalue weighted by atomic mass is 16.3. The minimum Gasteiger partial charge on any atom is -0.396 e. The van der Waals surface area contributed by atoms with Crippen LogP contribution in [0.3, 0.4) is 0 Å². The van der Waals surface area contributed by atoms with Crippen LogP contribution in [0.2, 0.25) is 0 Å². The molecule has 92 valence electrons. The first-order chi connectivity index (χ1) is 7.22. The quantitative estimate of drug-likeness (QED) is 0.535. The number of aliphatic hydroxyl groups is 1. The maximum absolute atomic E-state index is 9.17. The monoisotopic (exact) mass is 214 g/mol. The third kappa shape index (κ3) is 8.92. The molecule has 0 rings (SSSR count). The first-order valence-electron chi connectivity index (χ1n) is 6.83. The lowest BCUT2D eigenvalue weighted by Gasteiger charge is -2.17. The highest BCUT2D eigenvalue weighted by Crippen LogP contribution is 2.18. The van der Waals surface area contributed by atoms with E-state index in [0.717, 1.165) is 0 Å². The average molecular weight is 214 g/mol. The number of hydrogen-bond acceptors (Lipinski definition) is 1. The molecule has 0 saturated heterocycles. The molecule has 0 bridgehead atoms. The summed E-state index contributed by atoms with van der Waals surface area (Å²) in [4.78, 5) is 0. The van der Waals surface area contributed by atoms with Crippen LogP contribution in [0.1, 0.15) is 72.1 Å². The van der Waals surface area contributed by atoms with Gasteiger partial charge in [0.1, 0.15) is 0 Å². The molecule has 1 unspecified atom stereocenters. The van der Waals surface area contributed by atoms with Gasteiger partial charge in [-0.15, -0.1) is 0 Å². The summed E-state index contributed by atoms with van der Waals surface area (Å²) >= 11 is 0. The first kappa shape index (κ1) is 15.0. The molecule has 1 nitrogen and oxygen atoms in total. The molecule has 15 heavy (non-hydrogen) atoms. The number of rotatable bonds is 10. The Labute approximate surface area is 96.3 Å². The van der Waals surface area contributed by atoms with Gasteiger partial charge < -0.3 is 5.11 Å². The second-order valence-electron chi connectivity index (χ2n) is 5.10. The molecule has 0 aromatic carbocycles. The van der Waals surface area contributed by atoms with Crippen molar-refractivity contribution in [2.24, 2.45) is 11.8 Å². The van der Waals surface area contributed by atoms with E-state index in [2.05, 4.69) is 20.8 Å². The van der Waals surface area contributed by atoms with E-state index in [9.17, 15) is 0 Å². The Hall–Kier alpha value is -0.0400. The van der Waals surface area contributed by atoms with Crippen molar-refractivity contribution < 1.29 is 5.11 Å². The molecule has 1 heteroatoms. The summed E-state index contributed by atoms with van der Waals surface area (Å²) in [6, 6.07) is 0. The van der Waals surface area contributed by atoms with E-state index < -0.39 is 0 Å². The zero-order chi connectivity index (χ0) is 11.5. The van der Waals surface area contributed by atoms with E-state index in [-0.39, 0.29) is 0 Å². The van der Waals surface area contributed by atoms with Gasteiger partial charge in [-0.1, -0.05) is 65.7 Å². The minimum atomic E-state index is 0.369. The summed E-state index contributed by atoms with van der Waals surface area (Å²) in [5.74, 6) is 1.16. The molecule has 1 N–H and O–H groups in total. The van der Waals surface area contributed by atoms with Crippen LogP contribution < -0.4 is 0 Å². The van der Waals surface area contributed by atoms with Gasteiger partial charge in [0.15, 0.2) is 0 Å². The normalized spacial score (nSPS) is 13.4. The predicted octanol–water partition coefficient (Wildman–Crippen LogP) is 4.39. The zero-order valence-corrected chi connectivity index (χ0v) is 11.0. The van der Waals surface area contributed by atoms with E-state index in [1.807, 2.05) is 0 Å². The smallest absolute Gasteiger partial charge is 0.0461 e. The fourth-order valence-corrected chi connectivity index (χ4v) is 2.00. The Morgan fingerprint density at radius 3 is 1.87 bits per heavy atom. The van der Waals surface area contributed by atoms with E-state index in [0.29, 0.717) is 18.4 Å². The molecule has 0 saturated carbocycles. The summed E-state index contributed by atoms with van der Waals surface area (Å²) in [5, 5.41) is 9.17. The van der Waals surface area contributed by atoms with Crippen LogP contribution in [0.25, 0.3) is 0 Å². The van der Waals surface area contributed by atoms with Gasteiger partial charge in [-0.05, 0) is 18.3 Å². The number of aliphatic hydroxyl groups excluding tert-OH is 1. The van der Waals surface area contributed by atoms with Crippen LogP contribution in [-0.4, -0.2) is 11.7 Å². The SMILES string of the molecule is CCCCCCCCCC(CO)C(C)C. The summed E-state index contributed by atoms with van der Waals surface area (Å²) in [6.45, 7) is 7.05. The molecule has 1 atom stereocenters. The summed E-state index contributed by atoms with van der Waals surface area (Å²) in [5.41, 5.74) is 0. The molecule has 0 spiro atoms. The maximum Gasteiger partial charge on any atom is 0.0461 e. The minimum absolute atomic E-state index is 0.369. The molecule has 0 aliphatic heterocycles. The topological polar surface area (TPSA) is 20.2 Å². The van der Waals surface area contributed by atoms with Crippen molar-refractivity contribution in [2.45, 2.75) is 72.1 Å². The average Bonchev–Trinajstić information content (AvgIpc) is 2.21. The highest BCUT2D eigenvalue weighted by molar-refractivity contribution is 4.61.